The standard InChI is InChI=1S/C18H21F3N2O3/c1-16(2,3)26-15(24)23-13(11-25-17(23,4)5)10-9-12-7-6-8-14(22-12)18(19,20)21/h6-8,13H,11H2,1-5H3. The summed E-state index contributed by atoms with van der Waals surface area (Å²) in [4.78, 5) is 17.3. The minimum absolute atomic E-state index is 0.0336. The maximum absolute atomic E-state index is 12.7. The number of halogens is 3. The highest BCUT2D eigenvalue weighted by atomic mass is 19.4. The summed E-state index contributed by atoms with van der Waals surface area (Å²) >= 11 is 0. The molecule has 0 aliphatic carbocycles. The van der Waals surface area contributed by atoms with Crippen LogP contribution in [0, 0.1) is 11.8 Å². The Labute approximate surface area is 150 Å². The van der Waals surface area contributed by atoms with Gasteiger partial charge in [0.05, 0.1) is 6.61 Å². The van der Waals surface area contributed by atoms with Crippen LogP contribution in [0.1, 0.15) is 46.0 Å². The summed E-state index contributed by atoms with van der Waals surface area (Å²) in [5, 5.41) is 0. The van der Waals surface area contributed by atoms with Gasteiger partial charge in [-0.25, -0.2) is 9.78 Å². The molecule has 2 heterocycles. The number of pyridine rings is 1. The van der Waals surface area contributed by atoms with E-state index in [1.54, 1.807) is 34.6 Å². The molecule has 8 heteroatoms. The molecule has 1 amide bonds. The molecule has 0 N–H and O–H groups in total. The van der Waals surface area contributed by atoms with Gasteiger partial charge in [0.25, 0.3) is 0 Å². The molecule has 2 rings (SSSR count). The number of hydrogen-bond acceptors (Lipinski definition) is 4. The summed E-state index contributed by atoms with van der Waals surface area (Å²) in [6.07, 6.45) is -5.14. The van der Waals surface area contributed by atoms with Gasteiger partial charge in [0.2, 0.25) is 0 Å². The zero-order valence-corrected chi connectivity index (χ0v) is 15.3. The molecule has 1 atom stereocenters. The first-order valence-electron chi connectivity index (χ1n) is 8.02. The second-order valence-corrected chi connectivity index (χ2v) is 7.30. The van der Waals surface area contributed by atoms with Crippen molar-refractivity contribution < 1.29 is 27.4 Å². The van der Waals surface area contributed by atoms with E-state index < -0.39 is 35.3 Å². The molecule has 1 aliphatic rings. The fourth-order valence-electron chi connectivity index (χ4n) is 2.39. The predicted molar refractivity (Wildman–Crippen MR) is 88.0 cm³/mol. The van der Waals surface area contributed by atoms with Crippen molar-refractivity contribution in [3.8, 4) is 11.8 Å². The van der Waals surface area contributed by atoms with Crippen LogP contribution in [0.25, 0.3) is 0 Å². The van der Waals surface area contributed by atoms with Gasteiger partial charge in [-0.3, -0.25) is 4.90 Å². The fourth-order valence-corrected chi connectivity index (χ4v) is 2.39. The van der Waals surface area contributed by atoms with E-state index in [2.05, 4.69) is 16.8 Å². The van der Waals surface area contributed by atoms with Gasteiger partial charge in [-0.1, -0.05) is 12.0 Å². The quantitative estimate of drug-likeness (QED) is 0.652. The van der Waals surface area contributed by atoms with Gasteiger partial charge in [0.15, 0.2) is 0 Å². The number of ether oxygens (including phenoxy) is 2. The number of alkyl halides is 3. The van der Waals surface area contributed by atoms with Crippen molar-refractivity contribution >= 4 is 6.09 Å². The van der Waals surface area contributed by atoms with Crippen molar-refractivity contribution in [3.63, 3.8) is 0 Å². The second-order valence-electron chi connectivity index (χ2n) is 7.30. The molecule has 1 fully saturated rings. The molecule has 5 nitrogen and oxygen atoms in total. The largest absolute Gasteiger partial charge is 0.444 e. The lowest BCUT2D eigenvalue weighted by atomic mass is 10.2. The van der Waals surface area contributed by atoms with E-state index in [0.717, 1.165) is 6.07 Å². The van der Waals surface area contributed by atoms with Gasteiger partial charge in [0, 0.05) is 0 Å². The maximum Gasteiger partial charge on any atom is 0.433 e. The van der Waals surface area contributed by atoms with Gasteiger partial charge in [-0.05, 0) is 52.7 Å². The zero-order valence-electron chi connectivity index (χ0n) is 15.3. The van der Waals surface area contributed by atoms with Gasteiger partial charge in [0.1, 0.15) is 28.8 Å². The first-order chi connectivity index (χ1) is 11.8. The Morgan fingerprint density at radius 3 is 2.58 bits per heavy atom. The molecule has 1 saturated heterocycles. The van der Waals surface area contributed by atoms with Crippen LogP contribution in [0.3, 0.4) is 0 Å². The van der Waals surface area contributed by atoms with Crippen LogP contribution < -0.4 is 0 Å². The van der Waals surface area contributed by atoms with Crippen molar-refractivity contribution in [2.24, 2.45) is 0 Å². The Kier molecular flexibility index (Phi) is 5.24. The summed E-state index contributed by atoms with van der Waals surface area (Å²) in [7, 11) is 0. The third-order valence-corrected chi connectivity index (χ3v) is 3.48. The van der Waals surface area contributed by atoms with Gasteiger partial charge < -0.3 is 9.47 Å². The van der Waals surface area contributed by atoms with Crippen LogP contribution >= 0.6 is 0 Å². The summed E-state index contributed by atoms with van der Waals surface area (Å²) in [5.41, 5.74) is -2.69. The van der Waals surface area contributed by atoms with Crippen molar-refractivity contribution in [2.45, 2.75) is 58.2 Å². The summed E-state index contributed by atoms with van der Waals surface area (Å²) < 4.78 is 49.2. The van der Waals surface area contributed by atoms with Crippen molar-refractivity contribution in [3.05, 3.63) is 29.6 Å². The molecule has 1 aromatic heterocycles. The minimum Gasteiger partial charge on any atom is -0.444 e. The fraction of sp³-hybridized carbons (Fsp3) is 0.556. The van der Waals surface area contributed by atoms with E-state index in [4.69, 9.17) is 9.47 Å². The van der Waals surface area contributed by atoms with Crippen LogP contribution in [0.2, 0.25) is 0 Å². The van der Waals surface area contributed by atoms with Crippen molar-refractivity contribution in [1.82, 2.24) is 9.88 Å². The third-order valence-electron chi connectivity index (χ3n) is 3.48. The molecule has 1 aromatic rings. The lowest BCUT2D eigenvalue weighted by Crippen LogP contribution is -2.49. The normalized spacial score (nSPS) is 19.7. The zero-order chi connectivity index (χ0) is 19.8. The SMILES string of the molecule is CC(C)(C)OC(=O)N1C(C#Cc2cccc(C(F)(F)F)n2)COC1(C)C. The van der Waals surface area contributed by atoms with E-state index >= 15 is 0 Å². The minimum atomic E-state index is -4.54. The third kappa shape index (κ3) is 4.88. The number of carbonyl (C=O) groups is 1. The first kappa shape index (κ1) is 20.0. The van der Waals surface area contributed by atoms with Crippen LogP contribution in [-0.2, 0) is 15.7 Å². The number of rotatable bonds is 0. The Balaban J connectivity index is 2.26. The first-order valence-corrected chi connectivity index (χ1v) is 8.02. The molecule has 0 bridgehead atoms. The second kappa shape index (κ2) is 6.80. The van der Waals surface area contributed by atoms with E-state index in [1.807, 2.05) is 0 Å². The molecule has 0 spiro atoms. The van der Waals surface area contributed by atoms with Crippen molar-refractivity contribution in [1.29, 1.82) is 0 Å². The number of aromatic nitrogens is 1. The molecule has 1 aliphatic heterocycles. The summed E-state index contributed by atoms with van der Waals surface area (Å²) in [6.45, 7) is 8.73. The number of amides is 1. The average molecular weight is 370 g/mol. The molecular formula is C18H21F3N2O3. The van der Waals surface area contributed by atoms with E-state index in [0.29, 0.717) is 0 Å². The monoisotopic (exact) mass is 370 g/mol. The molecule has 1 unspecified atom stereocenters. The van der Waals surface area contributed by atoms with Crippen LogP contribution in [0.5, 0.6) is 0 Å². The molecule has 26 heavy (non-hydrogen) atoms. The van der Waals surface area contributed by atoms with E-state index in [-0.39, 0.29) is 12.3 Å². The Hall–Kier alpha value is -2.27. The Morgan fingerprint density at radius 1 is 1.35 bits per heavy atom. The molecular weight excluding hydrogens is 349 g/mol. The number of nitrogens with zero attached hydrogens (tertiary/aromatic N) is 2. The predicted octanol–water partition coefficient (Wildman–Crippen LogP) is 3.82. The van der Waals surface area contributed by atoms with E-state index in [1.165, 1.54) is 17.0 Å². The summed E-state index contributed by atoms with van der Waals surface area (Å²) in [5.74, 6) is 5.36. The molecule has 142 valence electrons. The van der Waals surface area contributed by atoms with Crippen LogP contribution in [0.4, 0.5) is 18.0 Å². The highest BCUT2D eigenvalue weighted by Crippen LogP contribution is 2.29. The van der Waals surface area contributed by atoms with Crippen LogP contribution in [0.15, 0.2) is 18.2 Å². The van der Waals surface area contributed by atoms with Gasteiger partial charge >= 0.3 is 12.3 Å². The van der Waals surface area contributed by atoms with Gasteiger partial charge in [-0.15, -0.1) is 0 Å². The van der Waals surface area contributed by atoms with Crippen molar-refractivity contribution in [2.75, 3.05) is 6.61 Å². The molecule has 0 saturated carbocycles. The Morgan fingerprint density at radius 2 is 2.00 bits per heavy atom. The number of carbonyl (C=O) groups excluding carboxylic acids is 1. The topological polar surface area (TPSA) is 51.7 Å². The highest BCUT2D eigenvalue weighted by Gasteiger charge is 2.45. The average Bonchev–Trinajstić information content (AvgIpc) is 2.77. The molecule has 0 aromatic carbocycles. The lowest BCUT2D eigenvalue weighted by molar-refractivity contribution is -0.141. The maximum atomic E-state index is 12.7. The summed E-state index contributed by atoms with van der Waals surface area (Å²) in [6, 6.07) is 2.83. The van der Waals surface area contributed by atoms with Gasteiger partial charge in [-0.2, -0.15) is 13.2 Å². The highest BCUT2D eigenvalue weighted by molar-refractivity contribution is 5.70. The smallest absolute Gasteiger partial charge is 0.433 e. The molecule has 0 radical (unpaired) electrons. The number of hydrogen-bond donors (Lipinski definition) is 0. The Bertz CT molecular complexity index is 743. The van der Waals surface area contributed by atoms with Crippen LogP contribution in [-0.4, -0.2) is 40.0 Å². The lowest BCUT2D eigenvalue weighted by Gasteiger charge is -2.33. The van der Waals surface area contributed by atoms with E-state index in [9.17, 15) is 18.0 Å².